The molecule has 0 saturated heterocycles. The van der Waals surface area contributed by atoms with Gasteiger partial charge in [0.25, 0.3) is 0 Å². The molecule has 5 rings (SSSR count). The maximum Gasteiger partial charge on any atom is 0.311 e. The zero-order valence-electron chi connectivity index (χ0n) is 16.5. The van der Waals surface area contributed by atoms with Gasteiger partial charge in [0, 0.05) is 12.3 Å². The van der Waals surface area contributed by atoms with Crippen LogP contribution in [-0.4, -0.2) is 24.3 Å². The largest absolute Gasteiger partial charge is 0.469 e. The number of hydrogen-bond acceptors (Lipinski definition) is 4. The molecule has 0 aliphatic heterocycles. The van der Waals surface area contributed by atoms with E-state index in [1.807, 2.05) is 0 Å². The van der Waals surface area contributed by atoms with E-state index in [4.69, 9.17) is 4.74 Å². The van der Waals surface area contributed by atoms with Gasteiger partial charge in [-0.05, 0) is 80.5 Å². The quantitative estimate of drug-likeness (QED) is 0.754. The third-order valence-electron chi connectivity index (χ3n) is 9.46. The number of aliphatic hydroxyl groups excluding tert-OH is 1. The van der Waals surface area contributed by atoms with Crippen molar-refractivity contribution in [2.45, 2.75) is 77.7 Å². The van der Waals surface area contributed by atoms with Gasteiger partial charge in [-0.2, -0.15) is 5.26 Å². The summed E-state index contributed by atoms with van der Waals surface area (Å²) in [5, 5.41) is 20.6. The van der Waals surface area contributed by atoms with Crippen LogP contribution in [0, 0.1) is 51.2 Å². The smallest absolute Gasteiger partial charge is 0.311 e. The highest BCUT2D eigenvalue weighted by molar-refractivity contribution is 5.77. The second-order valence-electron chi connectivity index (χ2n) is 10.2. The number of nitrogens with zero attached hydrogens (tertiary/aromatic N) is 1. The highest BCUT2D eigenvalue weighted by Crippen LogP contribution is 2.72. The van der Waals surface area contributed by atoms with Gasteiger partial charge in [0.15, 0.2) is 0 Å². The lowest BCUT2D eigenvalue weighted by Crippen LogP contribution is -2.66. The number of carbonyl (C=O) groups excluding carboxylic acids is 1. The molecule has 4 heteroatoms. The summed E-state index contributed by atoms with van der Waals surface area (Å²) in [5.74, 6) is 1.39. The van der Waals surface area contributed by atoms with E-state index in [0.29, 0.717) is 24.2 Å². The van der Waals surface area contributed by atoms with Crippen molar-refractivity contribution >= 4 is 5.97 Å². The van der Waals surface area contributed by atoms with E-state index >= 15 is 0 Å². The van der Waals surface area contributed by atoms with Crippen molar-refractivity contribution in [1.82, 2.24) is 0 Å². The summed E-state index contributed by atoms with van der Waals surface area (Å²) >= 11 is 0. The van der Waals surface area contributed by atoms with Crippen molar-refractivity contribution in [2.24, 2.45) is 39.9 Å². The van der Waals surface area contributed by atoms with Gasteiger partial charge in [0.05, 0.1) is 24.7 Å². The average Bonchev–Trinajstić information content (AvgIpc) is 2.63. The van der Waals surface area contributed by atoms with Crippen LogP contribution < -0.4 is 0 Å². The summed E-state index contributed by atoms with van der Waals surface area (Å²) < 4.78 is 5.23. The molecule has 5 aliphatic rings. The lowest BCUT2D eigenvalue weighted by Gasteiger charge is -2.69. The van der Waals surface area contributed by atoms with E-state index in [9.17, 15) is 15.2 Å². The van der Waals surface area contributed by atoms with Crippen molar-refractivity contribution in [3.05, 3.63) is 0 Å². The minimum Gasteiger partial charge on any atom is -0.469 e. The minimum absolute atomic E-state index is 0.0319. The number of rotatable bonds is 2. The monoisotopic (exact) mass is 359 g/mol. The predicted molar refractivity (Wildman–Crippen MR) is 97.8 cm³/mol. The van der Waals surface area contributed by atoms with Crippen LogP contribution in [-0.2, 0) is 9.53 Å². The normalized spacial score (nSPS) is 52.5. The molecule has 2 bridgehead atoms. The molecule has 0 aromatic rings. The molecule has 5 aliphatic carbocycles. The molecule has 5 fully saturated rings. The first-order valence-electron chi connectivity index (χ1n) is 10.5. The van der Waals surface area contributed by atoms with Gasteiger partial charge >= 0.3 is 5.97 Å². The molecule has 5 saturated carbocycles. The predicted octanol–water partition coefficient (Wildman–Crippen LogP) is 4.07. The topological polar surface area (TPSA) is 70.3 Å². The Balaban J connectivity index is 1.72. The SMILES string of the molecule is COC(=O)[C@]1(C)CCC[C@@]2(C)[C@@H]3C[C@H]4CC[C@@]3(CC[C@@H]21)[C@H](O)[C@H]4CC#N. The Morgan fingerprint density at radius 3 is 2.62 bits per heavy atom. The zero-order chi connectivity index (χ0) is 18.7. The molecule has 0 heterocycles. The Bertz CT molecular complexity index is 642. The minimum atomic E-state index is -0.392. The average molecular weight is 360 g/mol. The highest BCUT2D eigenvalue weighted by atomic mass is 16.5. The number of fused-ring (bicyclic) bond motifs is 3. The molecule has 1 spiro atoms. The zero-order valence-corrected chi connectivity index (χ0v) is 16.5. The number of methoxy groups -OCH3 is 1. The lowest BCUT2D eigenvalue weighted by atomic mass is 9.35. The molecule has 26 heavy (non-hydrogen) atoms. The fourth-order valence-corrected chi connectivity index (χ4v) is 8.34. The third kappa shape index (κ3) is 2.13. The first-order valence-corrected chi connectivity index (χ1v) is 10.5. The van der Waals surface area contributed by atoms with E-state index in [1.54, 1.807) is 0 Å². The van der Waals surface area contributed by atoms with Crippen molar-refractivity contribution in [2.75, 3.05) is 7.11 Å². The van der Waals surface area contributed by atoms with Gasteiger partial charge in [0.2, 0.25) is 0 Å². The number of aliphatic hydroxyl groups is 1. The summed E-state index contributed by atoms with van der Waals surface area (Å²) in [5.41, 5.74) is -0.330. The number of ether oxygens (including phenoxy) is 1. The van der Waals surface area contributed by atoms with E-state index in [0.717, 1.165) is 51.4 Å². The molecule has 4 nitrogen and oxygen atoms in total. The molecule has 1 N–H and O–H groups in total. The molecule has 0 amide bonds. The summed E-state index contributed by atoms with van der Waals surface area (Å²) in [6.07, 6.45) is 8.67. The molecule has 0 aromatic carbocycles. The van der Waals surface area contributed by atoms with Crippen LogP contribution in [0.2, 0.25) is 0 Å². The van der Waals surface area contributed by atoms with Crippen molar-refractivity contribution < 1.29 is 14.6 Å². The summed E-state index contributed by atoms with van der Waals surface area (Å²) in [6, 6.07) is 2.33. The van der Waals surface area contributed by atoms with Crippen LogP contribution in [0.3, 0.4) is 0 Å². The van der Waals surface area contributed by atoms with Crippen molar-refractivity contribution in [3.8, 4) is 6.07 Å². The summed E-state index contributed by atoms with van der Waals surface area (Å²) in [7, 11) is 1.52. The first kappa shape index (κ1) is 18.3. The Morgan fingerprint density at radius 2 is 1.92 bits per heavy atom. The van der Waals surface area contributed by atoms with Gasteiger partial charge in [0.1, 0.15) is 0 Å². The number of nitriles is 1. The second-order valence-corrected chi connectivity index (χ2v) is 10.2. The second kappa shape index (κ2) is 5.96. The fraction of sp³-hybridized carbons (Fsp3) is 0.909. The van der Waals surface area contributed by atoms with Crippen LogP contribution in [0.25, 0.3) is 0 Å². The van der Waals surface area contributed by atoms with Crippen LogP contribution in [0.5, 0.6) is 0 Å². The maximum absolute atomic E-state index is 12.7. The Labute approximate surface area is 157 Å². The molecule has 0 unspecified atom stereocenters. The number of hydrogen-bond donors (Lipinski definition) is 1. The Hall–Kier alpha value is -1.08. The van der Waals surface area contributed by atoms with Crippen molar-refractivity contribution in [3.63, 3.8) is 0 Å². The van der Waals surface area contributed by atoms with Gasteiger partial charge in [-0.25, -0.2) is 0 Å². The Kier molecular flexibility index (Phi) is 4.19. The molecular formula is C22H33NO3. The van der Waals surface area contributed by atoms with E-state index in [-0.39, 0.29) is 28.8 Å². The van der Waals surface area contributed by atoms with Gasteiger partial charge in [-0.3, -0.25) is 4.79 Å². The van der Waals surface area contributed by atoms with Gasteiger partial charge < -0.3 is 9.84 Å². The number of esters is 1. The summed E-state index contributed by atoms with van der Waals surface area (Å²) in [4.78, 5) is 12.7. The van der Waals surface area contributed by atoms with Crippen LogP contribution in [0.15, 0.2) is 0 Å². The van der Waals surface area contributed by atoms with Crippen LogP contribution in [0.4, 0.5) is 0 Å². The standard InChI is InChI=1S/C22H33NO3/c1-20-8-4-9-21(2,19(25)26-3)16(20)6-11-22-10-5-14(13-17(20)22)15(7-12-23)18(22)24/h14-18,24H,4-11,13H2,1-3H3/t14-,15+,16+,17+,18-,20-,21-,22+/m1/s1. The van der Waals surface area contributed by atoms with Gasteiger partial charge in [-0.1, -0.05) is 13.3 Å². The van der Waals surface area contributed by atoms with Crippen LogP contribution in [0.1, 0.15) is 71.6 Å². The van der Waals surface area contributed by atoms with Crippen molar-refractivity contribution in [1.29, 1.82) is 5.26 Å². The van der Waals surface area contributed by atoms with E-state index < -0.39 is 5.41 Å². The number of carbonyl (C=O) groups is 1. The lowest BCUT2D eigenvalue weighted by molar-refractivity contribution is -0.244. The maximum atomic E-state index is 12.7. The van der Waals surface area contributed by atoms with E-state index in [1.165, 1.54) is 7.11 Å². The molecular weight excluding hydrogens is 326 g/mol. The molecule has 8 atom stereocenters. The molecule has 0 radical (unpaired) electrons. The highest BCUT2D eigenvalue weighted by Gasteiger charge is 2.68. The molecule has 0 aromatic heterocycles. The Morgan fingerprint density at radius 1 is 1.19 bits per heavy atom. The summed E-state index contributed by atoms with van der Waals surface area (Å²) in [6.45, 7) is 4.52. The fourth-order valence-electron chi connectivity index (χ4n) is 8.34. The van der Waals surface area contributed by atoms with Gasteiger partial charge in [-0.15, -0.1) is 0 Å². The first-order chi connectivity index (χ1) is 12.3. The third-order valence-corrected chi connectivity index (χ3v) is 9.46. The van der Waals surface area contributed by atoms with Crippen LogP contribution >= 0.6 is 0 Å². The molecule has 144 valence electrons. The van der Waals surface area contributed by atoms with E-state index in [2.05, 4.69) is 19.9 Å².